The van der Waals surface area contributed by atoms with Gasteiger partial charge in [0.05, 0.1) is 9.82 Å². The second-order valence-corrected chi connectivity index (χ2v) is 9.41. The topological polar surface area (TPSA) is 115 Å². The predicted molar refractivity (Wildman–Crippen MR) is 103 cm³/mol. The summed E-state index contributed by atoms with van der Waals surface area (Å²) in [6.07, 6.45) is 2.54. The lowest BCUT2D eigenvalue weighted by atomic mass is 9.98. The predicted octanol–water partition coefficient (Wildman–Crippen LogP) is 1.83. The number of rotatable bonds is 4. The number of nitro groups is 1. The molecule has 9 nitrogen and oxygen atoms in total. The van der Waals surface area contributed by atoms with Crippen LogP contribution >= 0.6 is 11.3 Å². The maximum absolute atomic E-state index is 13.0. The first-order valence-corrected chi connectivity index (χ1v) is 11.0. The van der Waals surface area contributed by atoms with Crippen LogP contribution in [0.2, 0.25) is 0 Å². The molecule has 1 aliphatic heterocycles. The van der Waals surface area contributed by atoms with E-state index < -0.39 is 14.9 Å². The van der Waals surface area contributed by atoms with Gasteiger partial charge in [0.2, 0.25) is 10.0 Å². The number of aryl methyl sites for hydroxylation is 2. The molecule has 11 heteroatoms. The number of carbonyl (C=O) groups excluding carboxylic acids is 1. The van der Waals surface area contributed by atoms with Crippen molar-refractivity contribution in [3.05, 3.63) is 50.3 Å². The van der Waals surface area contributed by atoms with Crippen LogP contribution in [-0.2, 0) is 21.9 Å². The molecule has 150 valence electrons. The van der Waals surface area contributed by atoms with Gasteiger partial charge < -0.3 is 4.57 Å². The molecule has 1 aromatic carbocycles. The van der Waals surface area contributed by atoms with Gasteiger partial charge in [0.25, 0.3) is 11.6 Å². The summed E-state index contributed by atoms with van der Waals surface area (Å²) in [5.74, 6) is -0.582. The van der Waals surface area contributed by atoms with E-state index >= 15 is 0 Å². The highest BCUT2D eigenvalue weighted by Gasteiger charge is 2.33. The largest absolute Gasteiger partial charge is 0.327 e. The number of sulfonamides is 1. The minimum Gasteiger partial charge on any atom is -0.327 e. The summed E-state index contributed by atoms with van der Waals surface area (Å²) in [4.78, 5) is 27.4. The lowest BCUT2D eigenvalue weighted by Gasteiger charge is -2.30. The van der Waals surface area contributed by atoms with E-state index in [2.05, 4.69) is 4.99 Å². The van der Waals surface area contributed by atoms with Crippen LogP contribution in [0, 0.1) is 23.0 Å². The molecule has 0 atom stereocenters. The van der Waals surface area contributed by atoms with Crippen LogP contribution in [0.3, 0.4) is 0 Å². The summed E-state index contributed by atoms with van der Waals surface area (Å²) in [5, 5.41) is 12.8. The first-order chi connectivity index (χ1) is 13.2. The van der Waals surface area contributed by atoms with E-state index in [1.807, 2.05) is 11.6 Å². The van der Waals surface area contributed by atoms with E-state index in [0.29, 0.717) is 23.2 Å². The Morgan fingerprint density at radius 2 is 2.00 bits per heavy atom. The lowest BCUT2D eigenvalue weighted by molar-refractivity contribution is -0.385. The van der Waals surface area contributed by atoms with E-state index in [4.69, 9.17) is 0 Å². The van der Waals surface area contributed by atoms with Crippen molar-refractivity contribution in [2.45, 2.75) is 24.7 Å². The lowest BCUT2D eigenvalue weighted by Crippen LogP contribution is -2.40. The van der Waals surface area contributed by atoms with Crippen LogP contribution in [0.15, 0.2) is 39.7 Å². The molecule has 0 unspecified atom stereocenters. The molecule has 1 aromatic heterocycles. The number of hydrogen-bond donors (Lipinski definition) is 0. The van der Waals surface area contributed by atoms with E-state index in [1.165, 1.54) is 27.8 Å². The van der Waals surface area contributed by atoms with Gasteiger partial charge in [-0.2, -0.15) is 9.30 Å². The molecule has 0 aliphatic carbocycles. The number of amides is 1. The van der Waals surface area contributed by atoms with Gasteiger partial charge in [-0.3, -0.25) is 14.9 Å². The van der Waals surface area contributed by atoms with Gasteiger partial charge in [0, 0.05) is 49.8 Å². The third kappa shape index (κ3) is 4.05. The molecule has 1 fully saturated rings. The fourth-order valence-electron chi connectivity index (χ4n) is 3.08. The third-order valence-corrected chi connectivity index (χ3v) is 7.66. The Morgan fingerprint density at radius 3 is 2.57 bits per heavy atom. The minimum atomic E-state index is -3.87. The molecule has 0 saturated carbocycles. The SMILES string of the molecule is Cc1ccc([N+](=O)[O-])cc1S(=O)(=O)N1CCC(C(=O)N=c2sccn2C)CC1. The van der Waals surface area contributed by atoms with E-state index in [1.54, 1.807) is 18.5 Å². The monoisotopic (exact) mass is 424 g/mol. The van der Waals surface area contributed by atoms with E-state index in [0.717, 1.165) is 6.07 Å². The van der Waals surface area contributed by atoms with Crippen LogP contribution in [0.25, 0.3) is 0 Å². The second kappa shape index (κ2) is 7.94. The highest BCUT2D eigenvalue weighted by molar-refractivity contribution is 7.89. The Kier molecular flexibility index (Phi) is 5.77. The van der Waals surface area contributed by atoms with Crippen molar-refractivity contribution in [2.24, 2.45) is 18.0 Å². The van der Waals surface area contributed by atoms with Gasteiger partial charge in [-0.05, 0) is 25.3 Å². The molecule has 2 heterocycles. The van der Waals surface area contributed by atoms with Crippen LogP contribution in [0.4, 0.5) is 5.69 Å². The average molecular weight is 425 g/mol. The third-order valence-electron chi connectivity index (χ3n) is 4.77. The van der Waals surface area contributed by atoms with Gasteiger partial charge in [0.1, 0.15) is 0 Å². The zero-order valence-corrected chi connectivity index (χ0v) is 17.1. The number of carbonyl (C=O) groups is 1. The summed E-state index contributed by atoms with van der Waals surface area (Å²) in [6.45, 7) is 1.95. The van der Waals surface area contributed by atoms with Gasteiger partial charge in [-0.25, -0.2) is 8.42 Å². The number of hydrogen-bond acceptors (Lipinski definition) is 6. The normalized spacial score (nSPS) is 17.0. The standard InChI is InChI=1S/C17H20N4O5S2/c1-12-3-4-14(21(23)24)11-15(12)28(25,26)20-7-5-13(6-8-20)16(22)18-17-19(2)9-10-27-17/h3-4,9-11,13H,5-8H2,1-2H3. The molecular formula is C17H20N4O5S2. The number of piperidine rings is 1. The molecule has 28 heavy (non-hydrogen) atoms. The van der Waals surface area contributed by atoms with Crippen LogP contribution in [0.5, 0.6) is 0 Å². The highest BCUT2D eigenvalue weighted by atomic mass is 32.2. The molecule has 3 rings (SSSR count). The van der Waals surface area contributed by atoms with Crippen molar-refractivity contribution in [3.8, 4) is 0 Å². The summed E-state index contributed by atoms with van der Waals surface area (Å²) < 4.78 is 29.0. The Bertz CT molecular complexity index is 1080. The van der Waals surface area contributed by atoms with Gasteiger partial charge in [-0.1, -0.05) is 6.07 Å². The minimum absolute atomic E-state index is 0.0678. The molecular weight excluding hydrogens is 404 g/mol. The van der Waals surface area contributed by atoms with Crippen molar-refractivity contribution < 1.29 is 18.1 Å². The number of benzene rings is 1. The molecule has 1 amide bonds. The number of non-ortho nitro benzene ring substituents is 1. The summed E-state index contributed by atoms with van der Waals surface area (Å²) in [7, 11) is -2.06. The number of aromatic nitrogens is 1. The molecule has 0 N–H and O–H groups in total. The molecule has 0 spiro atoms. The van der Waals surface area contributed by atoms with Crippen molar-refractivity contribution in [1.29, 1.82) is 0 Å². The molecule has 2 aromatic rings. The average Bonchev–Trinajstić information content (AvgIpc) is 3.06. The van der Waals surface area contributed by atoms with Crippen molar-refractivity contribution >= 4 is 33.0 Å². The Labute approximate surface area is 166 Å². The molecule has 0 radical (unpaired) electrons. The van der Waals surface area contributed by atoms with Crippen molar-refractivity contribution in [3.63, 3.8) is 0 Å². The molecule has 1 aliphatic rings. The van der Waals surface area contributed by atoms with Crippen LogP contribution < -0.4 is 4.80 Å². The van der Waals surface area contributed by atoms with Crippen LogP contribution in [-0.4, -0.2) is 41.2 Å². The fraction of sp³-hybridized carbons (Fsp3) is 0.412. The zero-order chi connectivity index (χ0) is 20.5. The first kappa shape index (κ1) is 20.4. The maximum atomic E-state index is 13.0. The Balaban J connectivity index is 1.76. The van der Waals surface area contributed by atoms with E-state index in [-0.39, 0.29) is 35.5 Å². The molecule has 1 saturated heterocycles. The summed E-state index contributed by atoms with van der Waals surface area (Å²) in [6, 6.07) is 3.81. The van der Waals surface area contributed by atoms with E-state index in [9.17, 15) is 23.3 Å². The van der Waals surface area contributed by atoms with Crippen LogP contribution in [0.1, 0.15) is 18.4 Å². The van der Waals surface area contributed by atoms with Gasteiger partial charge >= 0.3 is 0 Å². The second-order valence-electron chi connectivity index (χ2n) is 6.63. The highest BCUT2D eigenvalue weighted by Crippen LogP contribution is 2.28. The fourth-order valence-corrected chi connectivity index (χ4v) is 5.53. The van der Waals surface area contributed by atoms with Gasteiger partial charge in [0.15, 0.2) is 4.80 Å². The maximum Gasteiger partial charge on any atom is 0.270 e. The quantitative estimate of drug-likeness (QED) is 0.549. The smallest absolute Gasteiger partial charge is 0.270 e. The number of thiazole rings is 1. The zero-order valence-electron chi connectivity index (χ0n) is 15.4. The first-order valence-electron chi connectivity index (χ1n) is 8.64. The summed E-state index contributed by atoms with van der Waals surface area (Å²) in [5.41, 5.74) is 0.181. The van der Waals surface area contributed by atoms with Gasteiger partial charge in [-0.15, -0.1) is 11.3 Å². The Hall–Kier alpha value is -2.37. The number of nitrogens with zero attached hydrogens (tertiary/aromatic N) is 4. The Morgan fingerprint density at radius 1 is 1.32 bits per heavy atom. The number of nitro benzene ring substituents is 1. The summed E-state index contributed by atoms with van der Waals surface area (Å²) >= 11 is 1.36. The molecule has 0 bridgehead atoms. The van der Waals surface area contributed by atoms with Crippen molar-refractivity contribution in [2.75, 3.05) is 13.1 Å². The van der Waals surface area contributed by atoms with Crippen molar-refractivity contribution in [1.82, 2.24) is 8.87 Å².